The molecule has 4 heteroatoms. The van der Waals surface area contributed by atoms with E-state index in [1.54, 1.807) is 6.07 Å². The Morgan fingerprint density at radius 2 is 2.11 bits per heavy atom. The standard InChI is InChI=1S/C14H23FN2O/c1-4-12(18)7-8-16-14(10(2)3)13-6-5-11(15)9-17-13/h5-6,9-10,12,14,16,18H,4,7-8H2,1-3H3. The lowest BCUT2D eigenvalue weighted by atomic mass is 10.00. The molecule has 1 heterocycles. The van der Waals surface area contributed by atoms with E-state index in [0.29, 0.717) is 5.92 Å². The van der Waals surface area contributed by atoms with Crippen LogP contribution >= 0.6 is 0 Å². The van der Waals surface area contributed by atoms with Gasteiger partial charge in [0.1, 0.15) is 5.82 Å². The van der Waals surface area contributed by atoms with Crippen molar-refractivity contribution >= 4 is 0 Å². The highest BCUT2D eigenvalue weighted by Crippen LogP contribution is 2.19. The molecule has 0 aliphatic heterocycles. The van der Waals surface area contributed by atoms with E-state index >= 15 is 0 Å². The van der Waals surface area contributed by atoms with Gasteiger partial charge in [-0.15, -0.1) is 0 Å². The molecule has 3 nitrogen and oxygen atoms in total. The summed E-state index contributed by atoms with van der Waals surface area (Å²) in [6.07, 6.45) is 2.48. The normalized spacial score (nSPS) is 14.8. The summed E-state index contributed by atoms with van der Waals surface area (Å²) in [6.45, 7) is 6.89. The van der Waals surface area contributed by atoms with E-state index in [4.69, 9.17) is 0 Å². The van der Waals surface area contributed by atoms with Crippen molar-refractivity contribution in [2.75, 3.05) is 6.54 Å². The first-order valence-electron chi connectivity index (χ1n) is 6.57. The molecular formula is C14H23FN2O. The summed E-state index contributed by atoms with van der Waals surface area (Å²) in [5.41, 5.74) is 0.845. The lowest BCUT2D eigenvalue weighted by molar-refractivity contribution is 0.157. The van der Waals surface area contributed by atoms with E-state index in [1.807, 2.05) is 6.92 Å². The topological polar surface area (TPSA) is 45.1 Å². The average Bonchev–Trinajstić information content (AvgIpc) is 2.35. The van der Waals surface area contributed by atoms with Crippen LogP contribution in [0.15, 0.2) is 18.3 Å². The molecule has 0 saturated carbocycles. The van der Waals surface area contributed by atoms with Crippen molar-refractivity contribution < 1.29 is 9.50 Å². The molecule has 1 aromatic rings. The SMILES string of the molecule is CCC(O)CCNC(c1ccc(F)cn1)C(C)C. The third-order valence-corrected chi connectivity index (χ3v) is 3.05. The van der Waals surface area contributed by atoms with Crippen molar-refractivity contribution in [2.45, 2.75) is 45.8 Å². The van der Waals surface area contributed by atoms with Crippen LogP contribution in [-0.4, -0.2) is 22.7 Å². The molecule has 18 heavy (non-hydrogen) atoms. The number of halogens is 1. The van der Waals surface area contributed by atoms with Gasteiger partial charge in [-0.05, 0) is 37.4 Å². The fraction of sp³-hybridized carbons (Fsp3) is 0.643. The van der Waals surface area contributed by atoms with Crippen molar-refractivity contribution in [2.24, 2.45) is 5.92 Å². The number of pyridine rings is 1. The first kappa shape index (κ1) is 15.1. The Kier molecular flexibility index (Phi) is 6.22. The van der Waals surface area contributed by atoms with Gasteiger partial charge in [0.2, 0.25) is 0 Å². The molecule has 2 unspecified atom stereocenters. The van der Waals surface area contributed by atoms with E-state index in [-0.39, 0.29) is 18.0 Å². The summed E-state index contributed by atoms with van der Waals surface area (Å²) in [7, 11) is 0. The van der Waals surface area contributed by atoms with Crippen LogP contribution in [0.5, 0.6) is 0 Å². The first-order chi connectivity index (χ1) is 8.54. The van der Waals surface area contributed by atoms with Gasteiger partial charge in [0.25, 0.3) is 0 Å². The molecule has 0 bridgehead atoms. The van der Waals surface area contributed by atoms with E-state index in [9.17, 15) is 9.50 Å². The Bertz CT molecular complexity index is 340. The molecule has 0 spiro atoms. The summed E-state index contributed by atoms with van der Waals surface area (Å²) in [4.78, 5) is 4.12. The van der Waals surface area contributed by atoms with E-state index in [0.717, 1.165) is 25.1 Å². The number of rotatable bonds is 7. The van der Waals surface area contributed by atoms with Crippen molar-refractivity contribution in [1.29, 1.82) is 0 Å². The summed E-state index contributed by atoms with van der Waals surface area (Å²) in [5.74, 6) is 0.0457. The third kappa shape index (κ3) is 4.70. The van der Waals surface area contributed by atoms with Crippen LogP contribution in [0.1, 0.15) is 45.3 Å². The minimum absolute atomic E-state index is 0.0923. The molecule has 0 aromatic carbocycles. The maximum Gasteiger partial charge on any atom is 0.141 e. The van der Waals surface area contributed by atoms with Crippen LogP contribution in [0.4, 0.5) is 4.39 Å². The zero-order valence-electron chi connectivity index (χ0n) is 11.4. The lowest BCUT2D eigenvalue weighted by Gasteiger charge is -2.22. The predicted molar refractivity (Wildman–Crippen MR) is 70.7 cm³/mol. The second-order valence-electron chi connectivity index (χ2n) is 4.93. The maximum atomic E-state index is 12.8. The second-order valence-corrected chi connectivity index (χ2v) is 4.93. The van der Waals surface area contributed by atoms with Gasteiger partial charge in [-0.3, -0.25) is 4.98 Å². The van der Waals surface area contributed by atoms with Crippen molar-refractivity contribution in [3.63, 3.8) is 0 Å². The van der Waals surface area contributed by atoms with Crippen LogP contribution in [0.2, 0.25) is 0 Å². The molecule has 0 radical (unpaired) electrons. The summed E-state index contributed by atoms with van der Waals surface area (Å²) in [5, 5.41) is 12.9. The number of aliphatic hydroxyl groups is 1. The number of nitrogens with one attached hydrogen (secondary N) is 1. The molecule has 2 N–H and O–H groups in total. The summed E-state index contributed by atoms with van der Waals surface area (Å²) >= 11 is 0. The van der Waals surface area contributed by atoms with Crippen LogP contribution < -0.4 is 5.32 Å². The molecule has 0 aliphatic carbocycles. The quantitative estimate of drug-likeness (QED) is 0.786. The Hall–Kier alpha value is -1.00. The van der Waals surface area contributed by atoms with Gasteiger partial charge in [0, 0.05) is 0 Å². The van der Waals surface area contributed by atoms with Crippen molar-refractivity contribution in [3.05, 3.63) is 29.8 Å². The van der Waals surface area contributed by atoms with Crippen LogP contribution in [0.25, 0.3) is 0 Å². The highest BCUT2D eigenvalue weighted by atomic mass is 19.1. The molecule has 0 amide bonds. The smallest absolute Gasteiger partial charge is 0.141 e. The minimum Gasteiger partial charge on any atom is -0.393 e. The van der Waals surface area contributed by atoms with Crippen LogP contribution in [0.3, 0.4) is 0 Å². The number of hydrogen-bond donors (Lipinski definition) is 2. The van der Waals surface area contributed by atoms with Crippen LogP contribution in [0, 0.1) is 11.7 Å². The highest BCUT2D eigenvalue weighted by molar-refractivity contribution is 5.10. The predicted octanol–water partition coefficient (Wildman–Crippen LogP) is 2.67. The number of hydrogen-bond acceptors (Lipinski definition) is 3. The molecule has 2 atom stereocenters. The zero-order chi connectivity index (χ0) is 13.5. The Morgan fingerprint density at radius 3 is 2.61 bits per heavy atom. The third-order valence-electron chi connectivity index (χ3n) is 3.05. The van der Waals surface area contributed by atoms with Gasteiger partial charge >= 0.3 is 0 Å². The van der Waals surface area contributed by atoms with Gasteiger partial charge in [0.15, 0.2) is 0 Å². The molecule has 0 fully saturated rings. The second kappa shape index (κ2) is 7.44. The number of aliphatic hydroxyl groups excluding tert-OH is 1. The average molecular weight is 254 g/mol. The Morgan fingerprint density at radius 1 is 1.39 bits per heavy atom. The molecule has 0 aliphatic rings. The van der Waals surface area contributed by atoms with Gasteiger partial charge in [-0.1, -0.05) is 20.8 Å². The van der Waals surface area contributed by atoms with E-state index < -0.39 is 0 Å². The monoisotopic (exact) mass is 254 g/mol. The summed E-state index contributed by atoms with van der Waals surface area (Å²) < 4.78 is 12.8. The molecule has 1 aromatic heterocycles. The number of nitrogens with zero attached hydrogens (tertiary/aromatic N) is 1. The van der Waals surface area contributed by atoms with Gasteiger partial charge in [-0.25, -0.2) is 4.39 Å². The number of aromatic nitrogens is 1. The van der Waals surface area contributed by atoms with Gasteiger partial charge in [0.05, 0.1) is 24.0 Å². The molecule has 0 saturated heterocycles. The fourth-order valence-corrected chi connectivity index (χ4v) is 1.86. The Labute approximate surface area is 108 Å². The van der Waals surface area contributed by atoms with Crippen LogP contribution in [-0.2, 0) is 0 Å². The zero-order valence-corrected chi connectivity index (χ0v) is 11.4. The largest absolute Gasteiger partial charge is 0.393 e. The summed E-state index contributed by atoms with van der Waals surface area (Å²) in [6, 6.07) is 3.23. The minimum atomic E-state index is -0.317. The molecule has 102 valence electrons. The van der Waals surface area contributed by atoms with Gasteiger partial charge < -0.3 is 10.4 Å². The lowest BCUT2D eigenvalue weighted by Crippen LogP contribution is -2.29. The fourth-order valence-electron chi connectivity index (χ4n) is 1.86. The first-order valence-corrected chi connectivity index (χ1v) is 6.57. The van der Waals surface area contributed by atoms with E-state index in [1.165, 1.54) is 12.3 Å². The molecule has 1 rings (SSSR count). The van der Waals surface area contributed by atoms with E-state index in [2.05, 4.69) is 24.1 Å². The molecular weight excluding hydrogens is 231 g/mol. The Balaban J connectivity index is 2.57. The van der Waals surface area contributed by atoms with Gasteiger partial charge in [-0.2, -0.15) is 0 Å². The highest BCUT2D eigenvalue weighted by Gasteiger charge is 2.16. The maximum absolute atomic E-state index is 12.8. The van der Waals surface area contributed by atoms with Crippen molar-refractivity contribution in [1.82, 2.24) is 10.3 Å². The van der Waals surface area contributed by atoms with Crippen molar-refractivity contribution in [3.8, 4) is 0 Å².